The van der Waals surface area contributed by atoms with Gasteiger partial charge >= 0.3 is 10.0 Å². The van der Waals surface area contributed by atoms with Crippen molar-refractivity contribution in [1.82, 2.24) is 0 Å². The molecule has 3 rings (SSSR count). The molecule has 1 aliphatic rings. The summed E-state index contributed by atoms with van der Waals surface area (Å²) in [6.07, 6.45) is 6.39. The number of benzene rings is 1. The van der Waals surface area contributed by atoms with Crippen LogP contribution in [0.2, 0.25) is 0 Å². The van der Waals surface area contributed by atoms with E-state index in [9.17, 15) is 8.42 Å². The number of nitrogens with zero attached hydrogens (tertiary/aromatic N) is 1. The monoisotopic (exact) mass is 309 g/mol. The summed E-state index contributed by atoms with van der Waals surface area (Å²) in [5.41, 5.74) is 2.32. The van der Waals surface area contributed by atoms with Crippen LogP contribution in [0.25, 0.3) is 0 Å². The van der Waals surface area contributed by atoms with Crippen LogP contribution < -0.4 is 8.90 Å². The molecule has 1 aromatic heterocycles. The number of aryl methyl sites for hydroxylation is 3. The van der Waals surface area contributed by atoms with E-state index in [-0.39, 0.29) is 0 Å². The Labute approximate surface area is 123 Å². The number of hydrogen-bond donors (Lipinski definition) is 1. The number of rotatable bonds is 3. The molecule has 0 amide bonds. The highest BCUT2D eigenvalue weighted by atomic mass is 32.2. The van der Waals surface area contributed by atoms with E-state index in [0.29, 0.717) is 4.90 Å². The van der Waals surface area contributed by atoms with Crippen molar-refractivity contribution in [3.8, 4) is 0 Å². The van der Waals surface area contributed by atoms with Crippen LogP contribution in [-0.2, 0) is 22.9 Å². The average molecular weight is 309 g/mol. The van der Waals surface area contributed by atoms with E-state index in [1.807, 2.05) is 13.1 Å². The van der Waals surface area contributed by atoms with E-state index in [2.05, 4.69) is 4.83 Å². The fraction of sp³-hybridized carbons (Fsp3) is 0.357. The Kier molecular flexibility index (Phi) is 3.52. The van der Waals surface area contributed by atoms with E-state index in [0.717, 1.165) is 18.4 Å². The zero-order chi connectivity index (χ0) is 14.2. The molecule has 0 saturated carbocycles. The van der Waals surface area contributed by atoms with Crippen LogP contribution in [0.4, 0.5) is 0 Å². The highest BCUT2D eigenvalue weighted by molar-refractivity contribution is 7.92. The largest absolute Gasteiger partial charge is 0.307 e. The minimum atomic E-state index is -3.51. The first-order chi connectivity index (χ1) is 9.54. The Morgan fingerprint density at radius 2 is 1.85 bits per heavy atom. The van der Waals surface area contributed by atoms with Gasteiger partial charge in [-0.2, -0.15) is 8.42 Å². The number of aromatic nitrogens is 1. The first-order valence-corrected chi connectivity index (χ1v) is 8.93. The molecule has 1 N–H and O–H groups in total. The molecule has 0 aliphatic heterocycles. The van der Waals surface area contributed by atoms with Crippen molar-refractivity contribution >= 4 is 21.6 Å². The lowest BCUT2D eigenvalue weighted by Gasteiger charge is -2.04. The normalized spacial score (nSPS) is 14.8. The molecular weight excluding hydrogens is 292 g/mol. The van der Waals surface area contributed by atoms with Gasteiger partial charge in [0.05, 0.1) is 9.77 Å². The molecule has 0 radical (unpaired) electrons. The smallest absolute Gasteiger partial charge is 0.197 e. The molecule has 0 spiro atoms. The molecule has 20 heavy (non-hydrogen) atoms. The molecule has 6 heteroatoms. The summed E-state index contributed by atoms with van der Waals surface area (Å²) in [5, 5.41) is 0. The molecule has 0 unspecified atom stereocenters. The van der Waals surface area contributed by atoms with Crippen LogP contribution in [0.1, 0.15) is 28.8 Å². The maximum absolute atomic E-state index is 12.3. The lowest BCUT2D eigenvalue weighted by Crippen LogP contribution is -2.44. The summed E-state index contributed by atoms with van der Waals surface area (Å²) in [6.45, 7) is 1.94. The van der Waals surface area contributed by atoms with Gasteiger partial charge in [-0.3, -0.25) is 0 Å². The predicted octanol–water partition coefficient (Wildman–Crippen LogP) is 2.16. The molecule has 1 heterocycles. The van der Waals surface area contributed by atoms with Crippen LogP contribution >= 0.6 is 11.5 Å². The van der Waals surface area contributed by atoms with E-state index < -0.39 is 10.0 Å². The molecule has 106 valence electrons. The maximum Gasteiger partial charge on any atom is 0.307 e. The Hall–Kier alpha value is -1.40. The quantitative estimate of drug-likeness (QED) is 0.883. The first kappa shape index (κ1) is 13.6. The van der Waals surface area contributed by atoms with Crippen molar-refractivity contribution < 1.29 is 12.5 Å². The Bertz CT molecular complexity index is 695. The molecule has 2 aromatic rings. The van der Waals surface area contributed by atoms with Gasteiger partial charge in [0.25, 0.3) is 0 Å². The minimum absolute atomic E-state index is 0.293. The summed E-state index contributed by atoms with van der Waals surface area (Å²) >= 11 is 1.49. The molecular formula is C14H17N2O2S2+. The average Bonchev–Trinajstić information content (AvgIpc) is 2.80. The molecule has 4 nitrogen and oxygen atoms in total. The third-order valence-electron chi connectivity index (χ3n) is 3.48. The predicted molar refractivity (Wildman–Crippen MR) is 78.9 cm³/mol. The number of hydrogen-bond acceptors (Lipinski definition) is 3. The topological polar surface area (TPSA) is 50.1 Å². The fourth-order valence-electron chi connectivity index (χ4n) is 2.36. The standard InChI is InChI=1S/C14H17N2O2S2/c1-11-6-8-13(9-7-11)20(17,18)15-16-10-12-4-2-3-5-14(12)19-16/h6-10,15H,2-5H2,1H3/q+1. The molecule has 0 saturated heterocycles. The van der Waals surface area contributed by atoms with Gasteiger partial charge in [0, 0.05) is 5.56 Å². The van der Waals surface area contributed by atoms with Gasteiger partial charge in [0.15, 0.2) is 11.5 Å². The van der Waals surface area contributed by atoms with Crippen molar-refractivity contribution in [2.75, 3.05) is 4.83 Å². The SMILES string of the molecule is Cc1ccc(S(=O)(=O)N[n+]2cc3c(s2)CCCC3)cc1. The van der Waals surface area contributed by atoms with Gasteiger partial charge in [0.2, 0.25) is 6.20 Å². The van der Waals surface area contributed by atoms with E-state index in [4.69, 9.17) is 0 Å². The zero-order valence-corrected chi connectivity index (χ0v) is 12.9. The van der Waals surface area contributed by atoms with Crippen LogP contribution in [-0.4, -0.2) is 8.42 Å². The fourth-order valence-corrected chi connectivity index (χ4v) is 4.62. The summed E-state index contributed by atoms with van der Waals surface area (Å²) in [6, 6.07) is 6.87. The van der Waals surface area contributed by atoms with Crippen molar-refractivity contribution in [2.45, 2.75) is 37.5 Å². The second-order valence-corrected chi connectivity index (χ2v) is 7.84. The summed E-state index contributed by atoms with van der Waals surface area (Å²) in [5.74, 6) is 0. The summed E-state index contributed by atoms with van der Waals surface area (Å²) in [7, 11) is -3.51. The number of nitrogens with one attached hydrogen (secondary N) is 1. The van der Waals surface area contributed by atoms with Crippen LogP contribution in [0, 0.1) is 6.92 Å². The molecule has 1 aliphatic carbocycles. The Morgan fingerprint density at radius 3 is 2.55 bits per heavy atom. The highest BCUT2D eigenvalue weighted by Crippen LogP contribution is 2.22. The minimum Gasteiger partial charge on any atom is -0.197 e. The zero-order valence-electron chi connectivity index (χ0n) is 11.3. The van der Waals surface area contributed by atoms with Gasteiger partial charge in [-0.1, -0.05) is 22.5 Å². The number of fused-ring (bicyclic) bond motifs is 1. The van der Waals surface area contributed by atoms with Gasteiger partial charge in [0.1, 0.15) is 0 Å². The maximum atomic E-state index is 12.3. The molecule has 1 aromatic carbocycles. The van der Waals surface area contributed by atoms with Crippen molar-refractivity contribution in [1.29, 1.82) is 0 Å². The van der Waals surface area contributed by atoms with Crippen molar-refractivity contribution in [2.24, 2.45) is 0 Å². The van der Waals surface area contributed by atoms with E-state index >= 15 is 0 Å². The van der Waals surface area contributed by atoms with E-state index in [1.54, 1.807) is 28.3 Å². The Balaban J connectivity index is 1.86. The molecule has 0 bridgehead atoms. The van der Waals surface area contributed by atoms with Gasteiger partial charge < -0.3 is 0 Å². The van der Waals surface area contributed by atoms with Gasteiger partial charge in [-0.25, -0.2) is 0 Å². The Morgan fingerprint density at radius 1 is 1.15 bits per heavy atom. The third kappa shape index (κ3) is 2.71. The van der Waals surface area contributed by atoms with Crippen molar-refractivity contribution in [3.63, 3.8) is 0 Å². The van der Waals surface area contributed by atoms with E-state index in [1.165, 1.54) is 34.8 Å². The third-order valence-corrected chi connectivity index (χ3v) is 6.01. The van der Waals surface area contributed by atoms with Gasteiger partial charge in [-0.15, -0.1) is 0 Å². The van der Waals surface area contributed by atoms with Crippen LogP contribution in [0.5, 0.6) is 0 Å². The molecule has 0 atom stereocenters. The summed E-state index contributed by atoms with van der Waals surface area (Å²) in [4.78, 5) is 4.21. The lowest BCUT2D eigenvalue weighted by molar-refractivity contribution is -0.564. The highest BCUT2D eigenvalue weighted by Gasteiger charge is 2.24. The van der Waals surface area contributed by atoms with Crippen LogP contribution in [0.3, 0.4) is 0 Å². The summed E-state index contributed by atoms with van der Waals surface area (Å²) < 4.78 is 26.2. The molecule has 0 fully saturated rings. The second-order valence-electron chi connectivity index (χ2n) is 5.11. The van der Waals surface area contributed by atoms with Crippen LogP contribution in [0.15, 0.2) is 35.4 Å². The first-order valence-electron chi connectivity index (χ1n) is 6.68. The number of sulfonamides is 1. The van der Waals surface area contributed by atoms with Crippen molar-refractivity contribution in [3.05, 3.63) is 46.5 Å². The lowest BCUT2D eigenvalue weighted by atomic mass is 10.0. The second kappa shape index (κ2) is 5.18. The van der Waals surface area contributed by atoms with Gasteiger partial charge in [-0.05, 0) is 48.8 Å².